The van der Waals surface area contributed by atoms with Gasteiger partial charge in [-0.3, -0.25) is 14.4 Å². The second kappa shape index (κ2) is 9.57. The molecule has 0 aliphatic carbocycles. The number of primary amides is 1. The van der Waals surface area contributed by atoms with Crippen LogP contribution in [0.3, 0.4) is 0 Å². The van der Waals surface area contributed by atoms with Crippen LogP contribution in [0, 0.1) is 0 Å². The number of ether oxygens (including phenoxy) is 2. The van der Waals surface area contributed by atoms with Crippen LogP contribution in [0.15, 0.2) is 35.7 Å². The maximum absolute atomic E-state index is 11.9. The third kappa shape index (κ3) is 5.59. The van der Waals surface area contributed by atoms with Crippen molar-refractivity contribution in [3.63, 3.8) is 0 Å². The lowest BCUT2D eigenvalue weighted by Crippen LogP contribution is -2.22. The number of thiophene rings is 1. The molecule has 1 heterocycles. The Hall–Kier alpha value is -2.87. The summed E-state index contributed by atoms with van der Waals surface area (Å²) in [6.45, 7) is 2.00. The van der Waals surface area contributed by atoms with Crippen LogP contribution >= 0.6 is 11.3 Å². The molecule has 2 rings (SSSR count). The van der Waals surface area contributed by atoms with Crippen molar-refractivity contribution in [1.29, 1.82) is 0 Å². The predicted octanol–water partition coefficient (Wildman–Crippen LogP) is 2.36. The first-order valence-corrected chi connectivity index (χ1v) is 8.92. The summed E-state index contributed by atoms with van der Waals surface area (Å²) in [5.74, 6) is -0.922. The molecule has 0 fully saturated rings. The first-order valence-electron chi connectivity index (χ1n) is 8.04. The van der Waals surface area contributed by atoms with Gasteiger partial charge in [0.1, 0.15) is 10.8 Å². The van der Waals surface area contributed by atoms with Crippen LogP contribution < -0.4 is 15.8 Å². The fourth-order valence-electron chi connectivity index (χ4n) is 2.22. The van der Waals surface area contributed by atoms with E-state index >= 15 is 0 Å². The molecule has 26 heavy (non-hydrogen) atoms. The van der Waals surface area contributed by atoms with E-state index in [4.69, 9.17) is 15.2 Å². The van der Waals surface area contributed by atoms with Gasteiger partial charge in [0.2, 0.25) is 0 Å². The Morgan fingerprint density at radius 2 is 1.96 bits per heavy atom. The van der Waals surface area contributed by atoms with Crippen LogP contribution in [0.2, 0.25) is 0 Å². The highest BCUT2D eigenvalue weighted by molar-refractivity contribution is 7.14. The average Bonchev–Trinajstić information content (AvgIpc) is 3.08. The molecule has 0 spiro atoms. The van der Waals surface area contributed by atoms with Crippen molar-refractivity contribution in [2.75, 3.05) is 18.5 Å². The van der Waals surface area contributed by atoms with Crippen molar-refractivity contribution in [1.82, 2.24) is 0 Å². The van der Waals surface area contributed by atoms with Crippen LogP contribution in [-0.2, 0) is 20.7 Å². The Balaban J connectivity index is 1.79. The van der Waals surface area contributed by atoms with E-state index in [1.54, 1.807) is 5.38 Å². The molecular formula is C18H20N2O5S. The monoisotopic (exact) mass is 376 g/mol. The molecule has 0 radical (unpaired) electrons. The molecule has 0 bridgehead atoms. The largest absolute Gasteiger partial charge is 0.494 e. The normalized spacial score (nSPS) is 10.2. The van der Waals surface area contributed by atoms with Crippen LogP contribution in [-0.4, -0.2) is 31.0 Å². The van der Waals surface area contributed by atoms with Gasteiger partial charge in [-0.15, -0.1) is 11.3 Å². The summed E-state index contributed by atoms with van der Waals surface area (Å²) in [5, 5.41) is 4.48. The maximum atomic E-state index is 11.9. The number of carbonyl (C=O) groups is 3. The lowest BCUT2D eigenvalue weighted by atomic mass is 10.1. The van der Waals surface area contributed by atoms with E-state index in [-0.39, 0.29) is 12.0 Å². The summed E-state index contributed by atoms with van der Waals surface area (Å²) in [5.41, 5.74) is 6.33. The summed E-state index contributed by atoms with van der Waals surface area (Å²) < 4.78 is 10.5. The molecule has 1 aromatic heterocycles. The lowest BCUT2D eigenvalue weighted by Gasteiger charge is -2.10. The fourth-order valence-corrected chi connectivity index (χ4v) is 3.03. The van der Waals surface area contributed by atoms with Crippen molar-refractivity contribution in [2.45, 2.75) is 19.8 Å². The molecule has 138 valence electrons. The van der Waals surface area contributed by atoms with Gasteiger partial charge in [0, 0.05) is 6.42 Å². The number of nitrogens with two attached hydrogens (primary N) is 1. The second-order valence-corrected chi connectivity index (χ2v) is 6.19. The number of nitrogens with one attached hydrogen (secondary N) is 1. The van der Waals surface area contributed by atoms with Gasteiger partial charge in [0.25, 0.3) is 11.8 Å². The van der Waals surface area contributed by atoms with Crippen molar-refractivity contribution in [2.24, 2.45) is 5.73 Å². The van der Waals surface area contributed by atoms with Crippen molar-refractivity contribution >= 4 is 34.1 Å². The summed E-state index contributed by atoms with van der Waals surface area (Å²) in [7, 11) is 0. The first kappa shape index (κ1) is 19.5. The minimum Gasteiger partial charge on any atom is -0.494 e. The summed E-state index contributed by atoms with van der Waals surface area (Å²) in [6, 6.07) is 8.97. The minimum atomic E-state index is -0.633. The highest BCUT2D eigenvalue weighted by atomic mass is 32.1. The van der Waals surface area contributed by atoms with E-state index < -0.39 is 24.4 Å². The number of amides is 2. The number of anilines is 1. The van der Waals surface area contributed by atoms with Crippen molar-refractivity contribution in [3.05, 3.63) is 46.8 Å². The lowest BCUT2D eigenvalue weighted by molar-refractivity contribution is -0.147. The number of para-hydroxylation sites is 1. The Labute approximate surface area is 155 Å². The topological polar surface area (TPSA) is 108 Å². The van der Waals surface area contributed by atoms with Gasteiger partial charge in [0.15, 0.2) is 6.61 Å². The molecule has 2 aromatic rings. The first-order chi connectivity index (χ1) is 12.5. The number of carbonyl (C=O) groups excluding carboxylic acids is 3. The Kier molecular flexibility index (Phi) is 7.16. The van der Waals surface area contributed by atoms with Gasteiger partial charge in [-0.2, -0.15) is 0 Å². The number of aryl methyl sites for hydroxylation is 1. The standard InChI is InChI=1S/C18H20N2O5S/c1-2-24-14-6-4-3-5-12(14)7-8-16(22)25-11-15(21)20-18-13(17(19)23)9-10-26-18/h3-6,9-10H,2,7-8,11H2,1H3,(H2,19,23)(H,20,21). The quantitative estimate of drug-likeness (QED) is 0.653. The molecule has 0 saturated heterocycles. The van der Waals surface area contributed by atoms with Crippen molar-refractivity contribution < 1.29 is 23.9 Å². The Morgan fingerprint density at radius 1 is 1.19 bits per heavy atom. The Bertz CT molecular complexity index is 787. The number of esters is 1. The zero-order chi connectivity index (χ0) is 18.9. The van der Waals surface area contributed by atoms with Gasteiger partial charge in [0.05, 0.1) is 12.2 Å². The molecule has 3 N–H and O–H groups in total. The number of hydrogen-bond donors (Lipinski definition) is 2. The summed E-state index contributed by atoms with van der Waals surface area (Å²) in [6.07, 6.45) is 0.580. The Morgan fingerprint density at radius 3 is 2.69 bits per heavy atom. The molecule has 0 aliphatic rings. The molecule has 1 aromatic carbocycles. The molecule has 8 heteroatoms. The van der Waals surface area contributed by atoms with Crippen LogP contribution in [0.4, 0.5) is 5.00 Å². The van der Waals surface area contributed by atoms with Gasteiger partial charge in [-0.25, -0.2) is 0 Å². The zero-order valence-electron chi connectivity index (χ0n) is 14.3. The molecule has 0 atom stereocenters. The van der Waals surface area contributed by atoms with E-state index in [9.17, 15) is 14.4 Å². The van der Waals surface area contributed by atoms with Gasteiger partial charge < -0.3 is 20.5 Å². The third-order valence-electron chi connectivity index (χ3n) is 3.42. The molecule has 7 nitrogen and oxygen atoms in total. The second-order valence-electron chi connectivity index (χ2n) is 5.28. The summed E-state index contributed by atoms with van der Waals surface area (Å²) >= 11 is 1.17. The number of rotatable bonds is 9. The SMILES string of the molecule is CCOc1ccccc1CCC(=O)OCC(=O)Nc1sccc1C(N)=O. The highest BCUT2D eigenvalue weighted by Gasteiger charge is 2.14. The van der Waals surface area contributed by atoms with E-state index in [2.05, 4.69) is 5.32 Å². The van der Waals surface area contributed by atoms with Crippen molar-refractivity contribution in [3.8, 4) is 5.75 Å². The zero-order valence-corrected chi connectivity index (χ0v) is 15.1. The van der Waals surface area contributed by atoms with Crippen LogP contribution in [0.1, 0.15) is 29.3 Å². The minimum absolute atomic E-state index is 0.128. The third-order valence-corrected chi connectivity index (χ3v) is 4.25. The number of benzene rings is 1. The molecule has 0 saturated carbocycles. The van der Waals surface area contributed by atoms with E-state index in [1.165, 1.54) is 17.4 Å². The smallest absolute Gasteiger partial charge is 0.306 e. The number of hydrogen-bond acceptors (Lipinski definition) is 6. The fraction of sp³-hybridized carbons (Fsp3) is 0.278. The van der Waals surface area contributed by atoms with E-state index in [0.717, 1.165) is 11.3 Å². The molecular weight excluding hydrogens is 356 g/mol. The highest BCUT2D eigenvalue weighted by Crippen LogP contribution is 2.22. The van der Waals surface area contributed by atoms with E-state index in [1.807, 2.05) is 31.2 Å². The van der Waals surface area contributed by atoms with Gasteiger partial charge >= 0.3 is 5.97 Å². The molecule has 0 unspecified atom stereocenters. The average molecular weight is 376 g/mol. The van der Waals surface area contributed by atoms with Crippen LogP contribution in [0.5, 0.6) is 5.75 Å². The van der Waals surface area contributed by atoms with Gasteiger partial charge in [-0.1, -0.05) is 18.2 Å². The maximum Gasteiger partial charge on any atom is 0.306 e. The molecule has 2 amide bonds. The molecule has 0 aliphatic heterocycles. The van der Waals surface area contributed by atoms with Gasteiger partial charge in [-0.05, 0) is 36.4 Å². The summed E-state index contributed by atoms with van der Waals surface area (Å²) in [4.78, 5) is 34.9. The van der Waals surface area contributed by atoms with Crippen LogP contribution in [0.25, 0.3) is 0 Å². The predicted molar refractivity (Wildman–Crippen MR) is 98.4 cm³/mol. The van der Waals surface area contributed by atoms with E-state index in [0.29, 0.717) is 18.0 Å².